The maximum Gasteiger partial charge on any atom is 0.231 e. The van der Waals surface area contributed by atoms with Gasteiger partial charge in [-0.05, 0) is 36.0 Å². The van der Waals surface area contributed by atoms with Gasteiger partial charge in [-0.3, -0.25) is 4.79 Å². The maximum atomic E-state index is 11.7. The zero-order valence-corrected chi connectivity index (χ0v) is 12.1. The lowest BCUT2D eigenvalue weighted by atomic mass is 9.95. The van der Waals surface area contributed by atoms with Gasteiger partial charge in [0.1, 0.15) is 0 Å². The molecule has 1 aliphatic heterocycles. The first-order chi connectivity index (χ1) is 9.65. The largest absolute Gasteiger partial charge is 0.388 e. The third-order valence-corrected chi connectivity index (χ3v) is 4.89. The molecule has 1 aromatic rings. The normalized spacial score (nSPS) is 20.5. The number of rotatable bonds is 4. The number of carbonyl (C=O) groups is 1. The Morgan fingerprint density at radius 1 is 1.35 bits per heavy atom. The van der Waals surface area contributed by atoms with E-state index in [0.717, 1.165) is 35.6 Å². The fourth-order valence-corrected chi connectivity index (χ4v) is 3.56. The first-order valence-electron chi connectivity index (χ1n) is 7.72. The quantitative estimate of drug-likeness (QED) is 0.915. The number of likely N-dealkylation sites (N-methyl/N-ethyl adjacent to an activating group) is 1. The van der Waals surface area contributed by atoms with Gasteiger partial charge in [-0.25, -0.2) is 0 Å². The van der Waals surface area contributed by atoms with E-state index >= 15 is 0 Å². The molecule has 1 unspecified atom stereocenters. The van der Waals surface area contributed by atoms with Gasteiger partial charge in [-0.1, -0.05) is 37.8 Å². The number of aliphatic hydroxyl groups excluding tert-OH is 1. The summed E-state index contributed by atoms with van der Waals surface area (Å²) < 4.78 is 0. The van der Waals surface area contributed by atoms with Gasteiger partial charge in [0.25, 0.3) is 0 Å². The van der Waals surface area contributed by atoms with Crippen molar-refractivity contribution < 1.29 is 9.90 Å². The Bertz CT molecular complexity index is 506. The van der Waals surface area contributed by atoms with Crippen molar-refractivity contribution in [1.29, 1.82) is 0 Å². The van der Waals surface area contributed by atoms with Crippen LogP contribution in [0.1, 0.15) is 55.8 Å². The van der Waals surface area contributed by atoms with Crippen molar-refractivity contribution in [3.05, 3.63) is 29.3 Å². The Kier molecular flexibility index (Phi) is 3.79. The molecule has 1 heterocycles. The van der Waals surface area contributed by atoms with E-state index in [1.807, 2.05) is 25.2 Å². The minimum Gasteiger partial charge on any atom is -0.388 e. The van der Waals surface area contributed by atoms with Crippen LogP contribution in [-0.2, 0) is 11.2 Å². The summed E-state index contributed by atoms with van der Waals surface area (Å²) in [5.74, 6) is 0.949. The summed E-state index contributed by atoms with van der Waals surface area (Å²) in [6.07, 6.45) is 7.41. The molecule has 3 rings (SSSR count). The van der Waals surface area contributed by atoms with Crippen LogP contribution in [0.25, 0.3) is 0 Å². The molecule has 0 bridgehead atoms. The molecule has 0 saturated heterocycles. The topological polar surface area (TPSA) is 40.5 Å². The van der Waals surface area contributed by atoms with Gasteiger partial charge in [-0.2, -0.15) is 0 Å². The van der Waals surface area contributed by atoms with Gasteiger partial charge in [0, 0.05) is 12.7 Å². The highest BCUT2D eigenvalue weighted by Crippen LogP contribution is 2.34. The first kappa shape index (κ1) is 13.6. The average molecular weight is 273 g/mol. The van der Waals surface area contributed by atoms with Gasteiger partial charge in [0.2, 0.25) is 5.91 Å². The zero-order valence-electron chi connectivity index (χ0n) is 12.1. The fraction of sp³-hybridized carbons (Fsp3) is 0.588. The van der Waals surface area contributed by atoms with E-state index < -0.39 is 0 Å². The molecule has 1 aliphatic carbocycles. The standard InChI is InChI=1S/C17H23NO2/c1-18-15-8-7-13(10-14(15)11-17(18)20)16(19)9-6-12-4-2-3-5-12/h7-8,10,12,16,19H,2-6,9,11H2,1H3. The lowest BCUT2D eigenvalue weighted by Gasteiger charge is -2.16. The van der Waals surface area contributed by atoms with Crippen molar-refractivity contribution in [2.24, 2.45) is 5.92 Å². The van der Waals surface area contributed by atoms with Crippen molar-refractivity contribution >= 4 is 11.6 Å². The number of carbonyl (C=O) groups excluding carboxylic acids is 1. The molecule has 20 heavy (non-hydrogen) atoms. The second-order valence-electron chi connectivity index (χ2n) is 6.26. The minimum atomic E-state index is -0.387. The molecule has 0 spiro atoms. The first-order valence-corrected chi connectivity index (χ1v) is 7.72. The van der Waals surface area contributed by atoms with Crippen LogP contribution < -0.4 is 4.90 Å². The van der Waals surface area contributed by atoms with Crippen LogP contribution in [0.3, 0.4) is 0 Å². The van der Waals surface area contributed by atoms with Crippen molar-refractivity contribution in [1.82, 2.24) is 0 Å². The summed E-state index contributed by atoms with van der Waals surface area (Å²) in [4.78, 5) is 13.4. The van der Waals surface area contributed by atoms with Crippen LogP contribution in [0, 0.1) is 5.92 Å². The van der Waals surface area contributed by atoms with Gasteiger partial charge in [-0.15, -0.1) is 0 Å². The molecule has 1 N–H and O–H groups in total. The molecule has 108 valence electrons. The molecule has 1 saturated carbocycles. The third-order valence-electron chi connectivity index (χ3n) is 4.89. The Labute approximate surface area is 120 Å². The van der Waals surface area contributed by atoms with Crippen LogP contribution in [0.5, 0.6) is 0 Å². The van der Waals surface area contributed by atoms with Gasteiger partial charge >= 0.3 is 0 Å². The number of nitrogens with zero attached hydrogens (tertiary/aromatic N) is 1. The fourth-order valence-electron chi connectivity index (χ4n) is 3.56. The van der Waals surface area contributed by atoms with Crippen molar-refractivity contribution in [2.75, 3.05) is 11.9 Å². The molecule has 0 radical (unpaired) electrons. The van der Waals surface area contributed by atoms with Crippen LogP contribution >= 0.6 is 0 Å². The lowest BCUT2D eigenvalue weighted by molar-refractivity contribution is -0.117. The highest BCUT2D eigenvalue weighted by molar-refractivity contribution is 6.00. The van der Waals surface area contributed by atoms with Crippen molar-refractivity contribution in [3.63, 3.8) is 0 Å². The highest BCUT2D eigenvalue weighted by atomic mass is 16.3. The number of amides is 1. The molecular weight excluding hydrogens is 250 g/mol. The van der Waals surface area contributed by atoms with Crippen LogP contribution in [0.2, 0.25) is 0 Å². The van der Waals surface area contributed by atoms with E-state index in [1.54, 1.807) is 4.90 Å². The van der Waals surface area contributed by atoms with E-state index in [-0.39, 0.29) is 12.0 Å². The van der Waals surface area contributed by atoms with Crippen molar-refractivity contribution in [3.8, 4) is 0 Å². The van der Waals surface area contributed by atoms with E-state index in [2.05, 4.69) is 0 Å². The molecular formula is C17H23NO2. The highest BCUT2D eigenvalue weighted by Gasteiger charge is 2.25. The summed E-state index contributed by atoms with van der Waals surface area (Å²) in [6, 6.07) is 5.94. The van der Waals surface area contributed by atoms with E-state index in [9.17, 15) is 9.90 Å². The number of hydrogen-bond acceptors (Lipinski definition) is 2. The number of benzene rings is 1. The number of fused-ring (bicyclic) bond motifs is 1. The summed E-state index contributed by atoms with van der Waals surface area (Å²) in [5, 5.41) is 10.3. The smallest absolute Gasteiger partial charge is 0.231 e. The Hall–Kier alpha value is -1.35. The summed E-state index contributed by atoms with van der Waals surface area (Å²) in [7, 11) is 1.81. The monoisotopic (exact) mass is 273 g/mol. The summed E-state index contributed by atoms with van der Waals surface area (Å²) in [5.41, 5.74) is 3.00. The van der Waals surface area contributed by atoms with Gasteiger partial charge in [0.05, 0.1) is 12.5 Å². The predicted octanol–water partition coefficient (Wildman–Crippen LogP) is 3.21. The van der Waals surface area contributed by atoms with E-state index in [0.29, 0.717) is 6.42 Å². The number of hydrogen-bond donors (Lipinski definition) is 1. The molecule has 1 fully saturated rings. The predicted molar refractivity (Wildman–Crippen MR) is 79.7 cm³/mol. The number of aliphatic hydroxyl groups is 1. The molecule has 0 aromatic heterocycles. The van der Waals surface area contributed by atoms with Gasteiger partial charge < -0.3 is 10.0 Å². The van der Waals surface area contributed by atoms with E-state index in [1.165, 1.54) is 25.7 Å². The molecule has 1 aromatic carbocycles. The van der Waals surface area contributed by atoms with E-state index in [4.69, 9.17) is 0 Å². The summed E-state index contributed by atoms with van der Waals surface area (Å²) in [6.45, 7) is 0. The maximum absolute atomic E-state index is 11.7. The SMILES string of the molecule is CN1C(=O)Cc2cc(C(O)CCC3CCCC3)ccc21. The van der Waals surface area contributed by atoms with Crippen LogP contribution in [-0.4, -0.2) is 18.1 Å². The number of anilines is 1. The molecule has 3 nitrogen and oxygen atoms in total. The molecule has 1 amide bonds. The second kappa shape index (κ2) is 5.57. The lowest BCUT2D eigenvalue weighted by Crippen LogP contribution is -2.20. The second-order valence-corrected chi connectivity index (χ2v) is 6.26. The summed E-state index contributed by atoms with van der Waals surface area (Å²) >= 11 is 0. The average Bonchev–Trinajstić information content (AvgIpc) is 3.05. The van der Waals surface area contributed by atoms with Crippen molar-refractivity contribution in [2.45, 2.75) is 51.0 Å². The third kappa shape index (κ3) is 2.59. The minimum absolute atomic E-state index is 0.137. The molecule has 2 aliphatic rings. The molecule has 3 heteroatoms. The van der Waals surface area contributed by atoms with Gasteiger partial charge in [0.15, 0.2) is 0 Å². The Morgan fingerprint density at radius 3 is 2.85 bits per heavy atom. The Balaban J connectivity index is 1.65. The van der Waals surface area contributed by atoms with Crippen LogP contribution in [0.15, 0.2) is 18.2 Å². The molecule has 1 atom stereocenters. The Morgan fingerprint density at radius 2 is 2.10 bits per heavy atom. The zero-order chi connectivity index (χ0) is 14.1. The van der Waals surface area contributed by atoms with Crippen LogP contribution in [0.4, 0.5) is 5.69 Å².